The van der Waals surface area contributed by atoms with Crippen molar-refractivity contribution in [2.24, 2.45) is 0 Å². The van der Waals surface area contributed by atoms with E-state index < -0.39 is 0 Å². The lowest BCUT2D eigenvalue weighted by molar-refractivity contribution is 0.0261. The monoisotopic (exact) mass is 249 g/mol. The highest BCUT2D eigenvalue weighted by atomic mass is 16.5. The van der Waals surface area contributed by atoms with Crippen LogP contribution < -0.4 is 10.1 Å². The van der Waals surface area contributed by atoms with Crippen LogP contribution in [-0.2, 0) is 11.3 Å². The second-order valence-corrected chi connectivity index (χ2v) is 5.05. The summed E-state index contributed by atoms with van der Waals surface area (Å²) in [4.78, 5) is 0. The molecule has 0 aliphatic carbocycles. The smallest absolute Gasteiger partial charge is 0.126 e. The average Bonchev–Trinajstić information content (AvgIpc) is 2.75. The van der Waals surface area contributed by atoms with E-state index in [4.69, 9.17) is 9.47 Å². The molecule has 1 aromatic carbocycles. The fourth-order valence-corrected chi connectivity index (χ4v) is 2.43. The molecule has 3 nitrogen and oxygen atoms in total. The second-order valence-electron chi connectivity index (χ2n) is 5.05. The molecule has 1 fully saturated rings. The van der Waals surface area contributed by atoms with Crippen molar-refractivity contribution in [3.05, 3.63) is 29.3 Å². The lowest BCUT2D eigenvalue weighted by atomic mass is 10.1. The SMILES string of the molecule is CNCc1cccc(C)c1OCC1CCC(C)O1. The van der Waals surface area contributed by atoms with Gasteiger partial charge < -0.3 is 14.8 Å². The molecule has 2 unspecified atom stereocenters. The summed E-state index contributed by atoms with van der Waals surface area (Å²) >= 11 is 0. The number of hydrogen-bond acceptors (Lipinski definition) is 3. The molecule has 0 radical (unpaired) electrons. The fourth-order valence-electron chi connectivity index (χ4n) is 2.43. The number of hydrogen-bond donors (Lipinski definition) is 1. The first-order chi connectivity index (χ1) is 8.70. The Hall–Kier alpha value is -1.06. The van der Waals surface area contributed by atoms with Gasteiger partial charge in [-0.2, -0.15) is 0 Å². The van der Waals surface area contributed by atoms with Gasteiger partial charge in [-0.25, -0.2) is 0 Å². The summed E-state index contributed by atoms with van der Waals surface area (Å²) in [6.07, 6.45) is 2.88. The average molecular weight is 249 g/mol. The van der Waals surface area contributed by atoms with Gasteiger partial charge in [0, 0.05) is 12.1 Å². The Morgan fingerprint density at radius 3 is 2.89 bits per heavy atom. The Bertz CT molecular complexity index is 392. The second kappa shape index (κ2) is 6.21. The van der Waals surface area contributed by atoms with E-state index in [2.05, 4.69) is 37.4 Å². The fraction of sp³-hybridized carbons (Fsp3) is 0.600. The highest BCUT2D eigenvalue weighted by molar-refractivity contribution is 5.40. The highest BCUT2D eigenvalue weighted by Crippen LogP contribution is 2.25. The summed E-state index contributed by atoms with van der Waals surface area (Å²) in [7, 11) is 1.95. The van der Waals surface area contributed by atoms with Crippen LogP contribution in [0.15, 0.2) is 18.2 Å². The zero-order valence-corrected chi connectivity index (χ0v) is 11.5. The minimum atomic E-state index is 0.252. The maximum absolute atomic E-state index is 5.99. The Labute approximate surface area is 109 Å². The third-order valence-electron chi connectivity index (χ3n) is 3.39. The molecule has 0 bridgehead atoms. The first-order valence-electron chi connectivity index (χ1n) is 6.72. The highest BCUT2D eigenvalue weighted by Gasteiger charge is 2.22. The molecule has 18 heavy (non-hydrogen) atoms. The standard InChI is InChI=1S/C15H23NO2/c1-11-5-4-6-13(9-16-3)15(11)17-10-14-8-7-12(2)18-14/h4-6,12,14,16H,7-10H2,1-3H3. The van der Waals surface area contributed by atoms with Crippen molar-refractivity contribution < 1.29 is 9.47 Å². The van der Waals surface area contributed by atoms with Crippen LogP contribution in [-0.4, -0.2) is 25.9 Å². The molecule has 2 rings (SSSR count). The molecular weight excluding hydrogens is 226 g/mol. The molecule has 0 spiro atoms. The van der Waals surface area contributed by atoms with Crippen molar-refractivity contribution in [2.75, 3.05) is 13.7 Å². The first kappa shape index (κ1) is 13.4. The van der Waals surface area contributed by atoms with Crippen LogP contribution in [0.4, 0.5) is 0 Å². The van der Waals surface area contributed by atoms with Gasteiger partial charge in [-0.1, -0.05) is 18.2 Å². The van der Waals surface area contributed by atoms with E-state index in [1.807, 2.05) is 7.05 Å². The molecular formula is C15H23NO2. The largest absolute Gasteiger partial charge is 0.490 e. The lowest BCUT2D eigenvalue weighted by Crippen LogP contribution is -2.19. The normalized spacial score (nSPS) is 23.3. The van der Waals surface area contributed by atoms with Crippen molar-refractivity contribution in [3.8, 4) is 5.75 Å². The van der Waals surface area contributed by atoms with Crippen molar-refractivity contribution in [1.82, 2.24) is 5.32 Å². The van der Waals surface area contributed by atoms with Crippen molar-refractivity contribution in [1.29, 1.82) is 0 Å². The number of para-hydroxylation sites is 1. The van der Waals surface area contributed by atoms with Crippen molar-refractivity contribution in [3.63, 3.8) is 0 Å². The van der Waals surface area contributed by atoms with E-state index >= 15 is 0 Å². The molecule has 0 aromatic heterocycles. The number of rotatable bonds is 5. The number of aryl methyl sites for hydroxylation is 1. The first-order valence-corrected chi connectivity index (χ1v) is 6.72. The Morgan fingerprint density at radius 2 is 2.22 bits per heavy atom. The van der Waals surface area contributed by atoms with Gasteiger partial charge in [0.2, 0.25) is 0 Å². The Kier molecular flexibility index (Phi) is 4.61. The number of ether oxygens (including phenoxy) is 2. The van der Waals surface area contributed by atoms with Crippen LogP contribution in [0.2, 0.25) is 0 Å². The van der Waals surface area contributed by atoms with Gasteiger partial charge in [0.15, 0.2) is 0 Å². The van der Waals surface area contributed by atoms with Crippen molar-refractivity contribution in [2.45, 2.75) is 45.4 Å². The van der Waals surface area contributed by atoms with E-state index in [0.29, 0.717) is 12.7 Å². The predicted molar refractivity (Wildman–Crippen MR) is 73.0 cm³/mol. The summed E-state index contributed by atoms with van der Waals surface area (Å²) in [5, 5.41) is 3.18. The molecule has 2 atom stereocenters. The summed E-state index contributed by atoms with van der Waals surface area (Å²) in [5.74, 6) is 1.01. The minimum absolute atomic E-state index is 0.252. The maximum atomic E-state index is 5.99. The zero-order valence-electron chi connectivity index (χ0n) is 11.5. The van der Waals surface area contributed by atoms with Gasteiger partial charge in [-0.3, -0.25) is 0 Å². The maximum Gasteiger partial charge on any atom is 0.126 e. The van der Waals surface area contributed by atoms with Crippen LogP contribution in [0.1, 0.15) is 30.9 Å². The third-order valence-corrected chi connectivity index (χ3v) is 3.39. The Morgan fingerprint density at radius 1 is 1.39 bits per heavy atom. The van der Waals surface area contributed by atoms with E-state index in [9.17, 15) is 0 Å². The van der Waals surface area contributed by atoms with Gasteiger partial charge in [0.1, 0.15) is 12.4 Å². The molecule has 1 aromatic rings. The van der Waals surface area contributed by atoms with Gasteiger partial charge >= 0.3 is 0 Å². The molecule has 1 aliphatic heterocycles. The number of benzene rings is 1. The Balaban J connectivity index is 1.99. The van der Waals surface area contributed by atoms with Crippen LogP contribution in [0.5, 0.6) is 5.75 Å². The lowest BCUT2D eigenvalue weighted by Gasteiger charge is -2.17. The molecule has 0 amide bonds. The molecule has 3 heteroatoms. The van der Waals surface area contributed by atoms with Gasteiger partial charge in [-0.15, -0.1) is 0 Å². The summed E-state index contributed by atoms with van der Waals surface area (Å²) in [6, 6.07) is 6.27. The summed E-state index contributed by atoms with van der Waals surface area (Å²) in [6.45, 7) is 5.71. The van der Waals surface area contributed by atoms with E-state index in [1.165, 1.54) is 11.1 Å². The van der Waals surface area contributed by atoms with E-state index in [1.54, 1.807) is 0 Å². The zero-order chi connectivity index (χ0) is 13.0. The summed E-state index contributed by atoms with van der Waals surface area (Å²) < 4.78 is 11.8. The topological polar surface area (TPSA) is 30.5 Å². The third kappa shape index (κ3) is 3.24. The van der Waals surface area contributed by atoms with Crippen LogP contribution in [0, 0.1) is 6.92 Å². The predicted octanol–water partition coefficient (Wildman–Crippen LogP) is 2.66. The minimum Gasteiger partial charge on any atom is -0.490 e. The molecule has 1 N–H and O–H groups in total. The van der Waals surface area contributed by atoms with Gasteiger partial charge in [0.25, 0.3) is 0 Å². The molecule has 1 heterocycles. The molecule has 100 valence electrons. The number of nitrogens with one attached hydrogen (secondary N) is 1. The van der Waals surface area contributed by atoms with Gasteiger partial charge in [-0.05, 0) is 39.3 Å². The van der Waals surface area contributed by atoms with Crippen LogP contribution in [0.3, 0.4) is 0 Å². The van der Waals surface area contributed by atoms with Gasteiger partial charge in [0.05, 0.1) is 12.2 Å². The quantitative estimate of drug-likeness (QED) is 0.870. The molecule has 0 saturated carbocycles. The summed E-state index contributed by atoms with van der Waals surface area (Å²) in [5.41, 5.74) is 2.40. The van der Waals surface area contributed by atoms with Crippen LogP contribution in [0.25, 0.3) is 0 Å². The molecule has 1 saturated heterocycles. The van der Waals surface area contributed by atoms with Crippen LogP contribution >= 0.6 is 0 Å². The molecule has 1 aliphatic rings. The van der Waals surface area contributed by atoms with E-state index in [-0.39, 0.29) is 6.10 Å². The van der Waals surface area contributed by atoms with Crippen molar-refractivity contribution >= 4 is 0 Å². The van der Waals surface area contributed by atoms with E-state index in [0.717, 1.165) is 25.1 Å².